The third kappa shape index (κ3) is 3.62. The van der Waals surface area contributed by atoms with Crippen LogP contribution >= 0.6 is 0 Å². The molecule has 0 aliphatic heterocycles. The van der Waals surface area contributed by atoms with Crippen molar-refractivity contribution in [3.8, 4) is 17.0 Å². The van der Waals surface area contributed by atoms with Crippen LogP contribution in [0.4, 0.5) is 5.82 Å². The number of hydrogen-bond acceptors (Lipinski definition) is 3. The van der Waals surface area contributed by atoms with Crippen LogP contribution in [0.2, 0.25) is 0 Å². The fourth-order valence-electron chi connectivity index (χ4n) is 3.39. The molecule has 0 saturated heterocycles. The largest absolute Gasteiger partial charge is 0.497 e. The first kappa shape index (κ1) is 17.9. The molecular formula is C22H22N4O2. The van der Waals surface area contributed by atoms with E-state index in [1.165, 1.54) is 0 Å². The van der Waals surface area contributed by atoms with Crippen molar-refractivity contribution in [3.63, 3.8) is 0 Å². The van der Waals surface area contributed by atoms with E-state index in [2.05, 4.69) is 32.6 Å². The van der Waals surface area contributed by atoms with Gasteiger partial charge in [-0.1, -0.05) is 18.2 Å². The van der Waals surface area contributed by atoms with Crippen LogP contribution < -0.4 is 10.1 Å². The quantitative estimate of drug-likeness (QED) is 0.466. The summed E-state index contributed by atoms with van der Waals surface area (Å²) in [5, 5.41) is 10.9. The number of methoxy groups -OCH3 is 1. The summed E-state index contributed by atoms with van der Waals surface area (Å²) in [4.78, 5) is 15.9. The number of rotatable bonds is 6. The lowest BCUT2D eigenvalue weighted by atomic mass is 10.0. The maximum absolute atomic E-state index is 12.4. The molecule has 0 fully saturated rings. The fraction of sp³-hybridized carbons (Fsp3) is 0.182. The number of para-hydroxylation sites is 1. The number of anilines is 1. The number of carbonyl (C=O) groups is 1. The van der Waals surface area contributed by atoms with Crippen molar-refractivity contribution in [2.75, 3.05) is 12.4 Å². The van der Waals surface area contributed by atoms with Crippen LogP contribution in [0, 0.1) is 6.92 Å². The summed E-state index contributed by atoms with van der Waals surface area (Å²) in [5.41, 5.74) is 5.21. The Morgan fingerprint density at radius 3 is 2.64 bits per heavy atom. The number of nitrogens with one attached hydrogen (secondary N) is 3. The maximum atomic E-state index is 12.4. The van der Waals surface area contributed by atoms with Crippen LogP contribution in [0.3, 0.4) is 0 Å². The van der Waals surface area contributed by atoms with E-state index in [0.717, 1.165) is 39.2 Å². The second-order valence-corrected chi connectivity index (χ2v) is 6.74. The molecule has 0 unspecified atom stereocenters. The highest BCUT2D eigenvalue weighted by atomic mass is 16.5. The number of fused-ring (bicyclic) bond motifs is 1. The highest BCUT2D eigenvalue weighted by Gasteiger charge is 2.15. The SMILES string of the molecule is COc1ccc(-c2[nH]c3ccccc3c2CCC(=O)Nc2cc(C)[nH]n2)cc1. The van der Waals surface area contributed by atoms with E-state index in [1.54, 1.807) is 7.11 Å². The predicted octanol–water partition coefficient (Wildman–Crippen LogP) is 4.45. The average molecular weight is 374 g/mol. The summed E-state index contributed by atoms with van der Waals surface area (Å²) in [6.45, 7) is 1.90. The van der Waals surface area contributed by atoms with Crippen molar-refractivity contribution >= 4 is 22.6 Å². The Labute approximate surface area is 162 Å². The van der Waals surface area contributed by atoms with Crippen molar-refractivity contribution in [3.05, 3.63) is 65.9 Å². The molecule has 0 aliphatic rings. The molecule has 28 heavy (non-hydrogen) atoms. The summed E-state index contributed by atoms with van der Waals surface area (Å²) >= 11 is 0. The first-order valence-corrected chi connectivity index (χ1v) is 9.20. The van der Waals surface area contributed by atoms with Gasteiger partial charge >= 0.3 is 0 Å². The van der Waals surface area contributed by atoms with Gasteiger partial charge < -0.3 is 15.0 Å². The van der Waals surface area contributed by atoms with Gasteiger partial charge in [0.15, 0.2) is 5.82 Å². The zero-order valence-electron chi connectivity index (χ0n) is 15.9. The minimum absolute atomic E-state index is 0.0579. The molecule has 4 aromatic rings. The van der Waals surface area contributed by atoms with E-state index in [9.17, 15) is 4.79 Å². The topological polar surface area (TPSA) is 82.8 Å². The molecule has 1 amide bonds. The van der Waals surface area contributed by atoms with E-state index in [0.29, 0.717) is 18.7 Å². The van der Waals surface area contributed by atoms with Gasteiger partial charge in [0.2, 0.25) is 5.91 Å². The Bertz CT molecular complexity index is 1110. The van der Waals surface area contributed by atoms with Crippen molar-refractivity contribution in [2.24, 2.45) is 0 Å². The molecule has 0 aliphatic carbocycles. The van der Waals surface area contributed by atoms with Crippen LogP contribution in [-0.4, -0.2) is 28.2 Å². The van der Waals surface area contributed by atoms with E-state index in [1.807, 2.05) is 49.4 Å². The molecule has 0 radical (unpaired) electrons. The number of H-pyrrole nitrogens is 2. The van der Waals surface area contributed by atoms with Crippen LogP contribution in [0.5, 0.6) is 5.75 Å². The zero-order valence-corrected chi connectivity index (χ0v) is 15.9. The highest BCUT2D eigenvalue weighted by Crippen LogP contribution is 2.32. The predicted molar refractivity (Wildman–Crippen MR) is 111 cm³/mol. The molecule has 4 rings (SSSR count). The smallest absolute Gasteiger partial charge is 0.225 e. The molecule has 6 heteroatoms. The average Bonchev–Trinajstić information content (AvgIpc) is 3.29. The molecule has 0 spiro atoms. The zero-order chi connectivity index (χ0) is 19.5. The number of aryl methyl sites for hydroxylation is 2. The van der Waals surface area contributed by atoms with E-state index < -0.39 is 0 Å². The van der Waals surface area contributed by atoms with Crippen molar-refractivity contribution in [1.82, 2.24) is 15.2 Å². The second kappa shape index (κ2) is 7.60. The summed E-state index contributed by atoms with van der Waals surface area (Å²) in [6.07, 6.45) is 0.998. The molecule has 3 N–H and O–H groups in total. The number of hydrogen-bond donors (Lipinski definition) is 3. The lowest BCUT2D eigenvalue weighted by Gasteiger charge is -2.07. The Morgan fingerprint density at radius 2 is 1.93 bits per heavy atom. The Kier molecular flexibility index (Phi) is 4.85. The van der Waals surface area contributed by atoms with Crippen molar-refractivity contribution in [2.45, 2.75) is 19.8 Å². The first-order chi connectivity index (χ1) is 13.6. The van der Waals surface area contributed by atoms with Gasteiger partial charge in [-0.25, -0.2) is 0 Å². The van der Waals surface area contributed by atoms with Crippen LogP contribution in [0.15, 0.2) is 54.6 Å². The minimum atomic E-state index is -0.0579. The molecular weight excluding hydrogens is 352 g/mol. The number of ether oxygens (including phenoxy) is 1. The maximum Gasteiger partial charge on any atom is 0.225 e. The number of benzene rings is 2. The molecule has 0 saturated carbocycles. The van der Waals surface area contributed by atoms with Gasteiger partial charge in [0.1, 0.15) is 5.75 Å². The summed E-state index contributed by atoms with van der Waals surface area (Å²) in [5.74, 6) is 1.31. The van der Waals surface area contributed by atoms with Crippen LogP contribution in [0.1, 0.15) is 17.7 Å². The molecule has 0 atom stereocenters. The minimum Gasteiger partial charge on any atom is -0.497 e. The van der Waals surface area contributed by atoms with Crippen LogP contribution in [0.25, 0.3) is 22.2 Å². The fourth-order valence-corrected chi connectivity index (χ4v) is 3.39. The lowest BCUT2D eigenvalue weighted by Crippen LogP contribution is -2.12. The molecule has 6 nitrogen and oxygen atoms in total. The standard InChI is InChI=1S/C22H22N4O2/c1-14-13-20(26-25-14)24-21(27)12-11-18-17-5-3-4-6-19(17)23-22(18)15-7-9-16(28-2)10-8-15/h3-10,13,23H,11-12H2,1-2H3,(H2,24,25,26,27). The first-order valence-electron chi connectivity index (χ1n) is 9.20. The second-order valence-electron chi connectivity index (χ2n) is 6.74. The molecule has 142 valence electrons. The van der Waals surface area contributed by atoms with Gasteiger partial charge in [-0.3, -0.25) is 9.89 Å². The number of aromatic nitrogens is 3. The van der Waals surface area contributed by atoms with Crippen LogP contribution in [-0.2, 0) is 11.2 Å². The van der Waals surface area contributed by atoms with Gasteiger partial charge in [-0.05, 0) is 54.8 Å². The van der Waals surface area contributed by atoms with Crippen molar-refractivity contribution < 1.29 is 9.53 Å². The number of aromatic amines is 2. The van der Waals surface area contributed by atoms with E-state index >= 15 is 0 Å². The number of carbonyl (C=O) groups excluding carboxylic acids is 1. The molecule has 0 bridgehead atoms. The summed E-state index contributed by atoms with van der Waals surface area (Å²) < 4.78 is 5.26. The summed E-state index contributed by atoms with van der Waals surface area (Å²) in [6, 6.07) is 17.9. The monoisotopic (exact) mass is 374 g/mol. The number of nitrogens with zero attached hydrogens (tertiary/aromatic N) is 1. The van der Waals surface area contributed by atoms with Gasteiger partial charge in [-0.15, -0.1) is 0 Å². The Morgan fingerprint density at radius 1 is 1.14 bits per heavy atom. The van der Waals surface area contributed by atoms with Gasteiger partial charge in [-0.2, -0.15) is 5.10 Å². The van der Waals surface area contributed by atoms with Gasteiger partial charge in [0, 0.05) is 34.8 Å². The molecule has 2 heterocycles. The third-order valence-corrected chi connectivity index (χ3v) is 4.77. The van der Waals surface area contributed by atoms with E-state index in [4.69, 9.17) is 4.74 Å². The van der Waals surface area contributed by atoms with Crippen molar-refractivity contribution in [1.29, 1.82) is 0 Å². The van der Waals surface area contributed by atoms with Gasteiger partial charge in [0.05, 0.1) is 7.11 Å². The highest BCUT2D eigenvalue weighted by molar-refractivity contribution is 5.93. The lowest BCUT2D eigenvalue weighted by molar-refractivity contribution is -0.116. The number of amides is 1. The molecule has 2 aromatic heterocycles. The van der Waals surface area contributed by atoms with E-state index in [-0.39, 0.29) is 5.91 Å². The third-order valence-electron chi connectivity index (χ3n) is 4.77. The molecule has 2 aromatic carbocycles. The summed E-state index contributed by atoms with van der Waals surface area (Å²) in [7, 11) is 1.66. The Hall–Kier alpha value is -3.54. The normalized spacial score (nSPS) is 10.9. The van der Waals surface area contributed by atoms with Gasteiger partial charge in [0.25, 0.3) is 0 Å². The Balaban J connectivity index is 1.60.